The molecule has 1 heterocycles. The number of aromatic nitrogens is 3. The second-order valence-corrected chi connectivity index (χ2v) is 7.12. The van der Waals surface area contributed by atoms with Crippen LogP contribution < -0.4 is 5.32 Å². The third-order valence-electron chi connectivity index (χ3n) is 4.87. The summed E-state index contributed by atoms with van der Waals surface area (Å²) in [5.41, 5.74) is 2.89. The Hall–Kier alpha value is -2.66. The minimum atomic E-state index is -0.377. The van der Waals surface area contributed by atoms with E-state index in [1.807, 2.05) is 36.4 Å². The van der Waals surface area contributed by atoms with Crippen LogP contribution in [0.25, 0.3) is 0 Å². The summed E-state index contributed by atoms with van der Waals surface area (Å²) in [7, 11) is 0. The molecule has 1 aliphatic carbocycles. The number of halogens is 1. The van der Waals surface area contributed by atoms with E-state index in [4.69, 9.17) is 11.6 Å². The van der Waals surface area contributed by atoms with E-state index in [0.29, 0.717) is 18.1 Å². The van der Waals surface area contributed by atoms with Crippen LogP contribution in [0.5, 0.6) is 0 Å². The van der Waals surface area contributed by atoms with E-state index in [-0.39, 0.29) is 11.3 Å². The molecule has 1 saturated carbocycles. The lowest BCUT2D eigenvalue weighted by atomic mass is 9.95. The molecule has 0 saturated heterocycles. The van der Waals surface area contributed by atoms with Gasteiger partial charge >= 0.3 is 0 Å². The van der Waals surface area contributed by atoms with Gasteiger partial charge in [0.1, 0.15) is 12.7 Å². The van der Waals surface area contributed by atoms with Crippen LogP contribution in [0.1, 0.15) is 29.5 Å². The van der Waals surface area contributed by atoms with Gasteiger partial charge in [0.15, 0.2) is 0 Å². The van der Waals surface area contributed by atoms with Crippen LogP contribution in [0, 0.1) is 0 Å². The minimum absolute atomic E-state index is 0.0894. The first kappa shape index (κ1) is 16.8. The first-order valence-corrected chi connectivity index (χ1v) is 8.98. The molecule has 0 unspecified atom stereocenters. The summed E-state index contributed by atoms with van der Waals surface area (Å²) in [5.74, 6) is 0.0894. The number of carbonyl (C=O) groups excluding carboxylic acids is 1. The van der Waals surface area contributed by atoms with Crippen molar-refractivity contribution in [3.05, 3.63) is 82.9 Å². The Morgan fingerprint density at radius 3 is 2.38 bits per heavy atom. The van der Waals surface area contributed by atoms with Crippen LogP contribution in [0.2, 0.25) is 5.02 Å². The lowest BCUT2D eigenvalue weighted by Gasteiger charge is -2.16. The van der Waals surface area contributed by atoms with Crippen LogP contribution in [0.3, 0.4) is 0 Å². The predicted molar refractivity (Wildman–Crippen MR) is 99.8 cm³/mol. The van der Waals surface area contributed by atoms with Crippen molar-refractivity contribution in [3.8, 4) is 0 Å². The molecule has 6 heteroatoms. The van der Waals surface area contributed by atoms with E-state index >= 15 is 0 Å². The number of nitrogens with zero attached hydrogens (tertiary/aromatic N) is 3. The lowest BCUT2D eigenvalue weighted by molar-refractivity contribution is -0.123. The van der Waals surface area contributed by atoms with E-state index in [0.717, 1.165) is 29.5 Å². The maximum absolute atomic E-state index is 12.7. The molecule has 0 radical (unpaired) electrons. The fourth-order valence-electron chi connectivity index (χ4n) is 3.16. The van der Waals surface area contributed by atoms with E-state index < -0.39 is 0 Å². The highest BCUT2D eigenvalue weighted by Gasteiger charge is 2.50. The summed E-state index contributed by atoms with van der Waals surface area (Å²) in [6, 6.07) is 15.8. The van der Waals surface area contributed by atoms with E-state index in [1.165, 1.54) is 6.33 Å². The summed E-state index contributed by atoms with van der Waals surface area (Å²) >= 11 is 5.95. The number of carbonyl (C=O) groups is 1. The predicted octanol–water partition coefficient (Wildman–Crippen LogP) is 3.33. The Morgan fingerprint density at radius 2 is 1.77 bits per heavy atom. The minimum Gasteiger partial charge on any atom is -0.351 e. The zero-order valence-electron chi connectivity index (χ0n) is 14.2. The van der Waals surface area contributed by atoms with Crippen molar-refractivity contribution in [2.75, 3.05) is 0 Å². The Bertz CT molecular complexity index is 885. The monoisotopic (exact) mass is 366 g/mol. The molecule has 1 aromatic heterocycles. The first-order valence-electron chi connectivity index (χ1n) is 8.60. The van der Waals surface area contributed by atoms with Gasteiger partial charge in [-0.05, 0) is 41.7 Å². The number of amides is 1. The van der Waals surface area contributed by atoms with Gasteiger partial charge in [-0.1, -0.05) is 48.0 Å². The number of hydrogen-bond donors (Lipinski definition) is 1. The van der Waals surface area contributed by atoms with E-state index in [9.17, 15) is 4.79 Å². The van der Waals surface area contributed by atoms with Crippen molar-refractivity contribution < 1.29 is 4.79 Å². The highest BCUT2D eigenvalue weighted by Crippen LogP contribution is 2.48. The van der Waals surface area contributed by atoms with Crippen molar-refractivity contribution in [2.24, 2.45) is 0 Å². The van der Waals surface area contributed by atoms with Gasteiger partial charge in [-0.3, -0.25) is 4.79 Å². The van der Waals surface area contributed by atoms with Crippen molar-refractivity contribution >= 4 is 17.5 Å². The lowest BCUT2D eigenvalue weighted by Crippen LogP contribution is -2.34. The van der Waals surface area contributed by atoms with Crippen molar-refractivity contribution in [1.82, 2.24) is 20.1 Å². The number of nitrogens with one attached hydrogen (secondary N) is 1. The molecule has 1 N–H and O–H groups in total. The Balaban J connectivity index is 1.36. The van der Waals surface area contributed by atoms with Crippen molar-refractivity contribution in [3.63, 3.8) is 0 Å². The molecule has 1 amide bonds. The van der Waals surface area contributed by atoms with Gasteiger partial charge in [0.2, 0.25) is 5.91 Å². The highest BCUT2D eigenvalue weighted by molar-refractivity contribution is 6.30. The topological polar surface area (TPSA) is 59.8 Å². The Labute approximate surface area is 157 Å². The largest absolute Gasteiger partial charge is 0.351 e. The molecule has 0 spiro atoms. The maximum atomic E-state index is 12.7. The standard InChI is InChI=1S/C20H19ClN4O/c21-18-7-5-17(6-8-18)20(9-10-20)19(26)23-11-15-1-3-16(4-2-15)12-25-14-22-13-24-25/h1-8,13-14H,9-12H2,(H,23,26). The van der Waals surface area contributed by atoms with Gasteiger partial charge < -0.3 is 5.32 Å². The molecule has 132 valence electrons. The fourth-order valence-corrected chi connectivity index (χ4v) is 3.28. The van der Waals surface area contributed by atoms with Crippen LogP contribution in [0.4, 0.5) is 0 Å². The zero-order valence-corrected chi connectivity index (χ0v) is 15.0. The molecule has 0 atom stereocenters. The molecule has 1 aliphatic rings. The second-order valence-electron chi connectivity index (χ2n) is 6.68. The van der Waals surface area contributed by atoms with Crippen LogP contribution >= 0.6 is 11.6 Å². The quantitative estimate of drug-likeness (QED) is 0.728. The van der Waals surface area contributed by atoms with Crippen molar-refractivity contribution in [1.29, 1.82) is 0 Å². The van der Waals surface area contributed by atoms with E-state index in [1.54, 1.807) is 11.0 Å². The number of rotatable bonds is 6. The SMILES string of the molecule is O=C(NCc1ccc(Cn2cncn2)cc1)C1(c2ccc(Cl)cc2)CC1. The molecule has 5 nitrogen and oxygen atoms in total. The van der Waals surface area contributed by atoms with Crippen LogP contribution in [0.15, 0.2) is 61.2 Å². The van der Waals surface area contributed by atoms with Gasteiger partial charge in [-0.2, -0.15) is 5.10 Å². The molecular weight excluding hydrogens is 348 g/mol. The highest BCUT2D eigenvalue weighted by atomic mass is 35.5. The van der Waals surface area contributed by atoms with Gasteiger partial charge in [0.25, 0.3) is 0 Å². The van der Waals surface area contributed by atoms with Gasteiger partial charge in [0.05, 0.1) is 12.0 Å². The third kappa shape index (κ3) is 3.48. The molecule has 3 aromatic rings. The smallest absolute Gasteiger partial charge is 0.230 e. The average molecular weight is 367 g/mol. The first-order chi connectivity index (χ1) is 12.7. The van der Waals surface area contributed by atoms with Gasteiger partial charge in [0, 0.05) is 11.6 Å². The summed E-state index contributed by atoms with van der Waals surface area (Å²) in [4.78, 5) is 16.6. The van der Waals surface area contributed by atoms with Gasteiger partial charge in [-0.25, -0.2) is 9.67 Å². The summed E-state index contributed by atoms with van der Waals surface area (Å²) in [6.07, 6.45) is 4.99. The normalized spacial score (nSPS) is 14.8. The molecule has 0 aliphatic heterocycles. The molecule has 4 rings (SSSR count). The summed E-state index contributed by atoms with van der Waals surface area (Å²) in [5, 5.41) is 7.87. The number of benzene rings is 2. The van der Waals surface area contributed by atoms with Crippen LogP contribution in [-0.4, -0.2) is 20.7 Å². The van der Waals surface area contributed by atoms with E-state index in [2.05, 4.69) is 27.5 Å². The Morgan fingerprint density at radius 1 is 1.08 bits per heavy atom. The van der Waals surface area contributed by atoms with Crippen LogP contribution in [-0.2, 0) is 23.3 Å². The van der Waals surface area contributed by atoms with Gasteiger partial charge in [-0.15, -0.1) is 0 Å². The summed E-state index contributed by atoms with van der Waals surface area (Å²) < 4.78 is 1.78. The number of hydrogen-bond acceptors (Lipinski definition) is 3. The summed E-state index contributed by atoms with van der Waals surface area (Å²) in [6.45, 7) is 1.21. The van der Waals surface area contributed by atoms with Crippen molar-refractivity contribution in [2.45, 2.75) is 31.3 Å². The zero-order chi connectivity index (χ0) is 18.0. The molecule has 2 aromatic carbocycles. The maximum Gasteiger partial charge on any atom is 0.230 e. The molecule has 0 bridgehead atoms. The molecule has 26 heavy (non-hydrogen) atoms. The Kier molecular flexibility index (Phi) is 4.47. The fraction of sp³-hybridized carbons (Fsp3) is 0.250. The molecular formula is C20H19ClN4O. The third-order valence-corrected chi connectivity index (χ3v) is 5.12. The average Bonchev–Trinajstić information content (AvgIpc) is 3.32. The molecule has 1 fully saturated rings. The second kappa shape index (κ2) is 6.92.